The molecule has 0 aromatic carbocycles. The van der Waals surface area contributed by atoms with E-state index in [1.807, 2.05) is 0 Å². The van der Waals surface area contributed by atoms with E-state index in [1.54, 1.807) is 6.20 Å². The van der Waals surface area contributed by atoms with Gasteiger partial charge >= 0.3 is 0 Å². The fraction of sp³-hybridized carbons (Fsp3) is 0.429. The van der Waals surface area contributed by atoms with Crippen LogP contribution in [0.25, 0.3) is 0 Å². The molecule has 1 aliphatic carbocycles. The van der Waals surface area contributed by atoms with Crippen molar-refractivity contribution in [1.82, 2.24) is 10.2 Å². The molecule has 2 rings (SSSR count). The Hall–Kier alpha value is -1.30. The van der Waals surface area contributed by atoms with Crippen LogP contribution < -0.4 is 0 Å². The first-order valence-corrected chi connectivity index (χ1v) is 3.35. The predicted octanol–water partition coefficient (Wildman–Crippen LogP) is 1.16. The zero-order chi connectivity index (χ0) is 6.97. The first-order valence-electron chi connectivity index (χ1n) is 3.35. The number of nitrogens with one attached hydrogen (secondary N) is 1. The average molecular weight is 133 g/mol. The molecule has 1 N–H and O–H groups in total. The third-order valence-electron chi connectivity index (χ3n) is 1.77. The summed E-state index contributed by atoms with van der Waals surface area (Å²) < 4.78 is 0. The van der Waals surface area contributed by atoms with E-state index in [-0.39, 0.29) is 0 Å². The summed E-state index contributed by atoms with van der Waals surface area (Å²) in [6, 6.07) is 2.10. The lowest BCUT2D eigenvalue weighted by Gasteiger charge is -1.87. The van der Waals surface area contributed by atoms with E-state index in [4.69, 9.17) is 5.26 Å². The molecule has 50 valence electrons. The molecule has 0 saturated heterocycles. The van der Waals surface area contributed by atoms with Crippen LogP contribution >= 0.6 is 0 Å². The normalized spacial score (nSPS) is 16.7. The van der Waals surface area contributed by atoms with Gasteiger partial charge in [-0.1, -0.05) is 0 Å². The van der Waals surface area contributed by atoms with Gasteiger partial charge < -0.3 is 0 Å². The monoisotopic (exact) mass is 133 g/mol. The molecule has 3 nitrogen and oxygen atoms in total. The van der Waals surface area contributed by atoms with Crippen molar-refractivity contribution in [3.05, 3.63) is 17.5 Å². The Morgan fingerprint density at radius 1 is 1.70 bits per heavy atom. The van der Waals surface area contributed by atoms with Crippen LogP contribution in [0.2, 0.25) is 0 Å². The SMILES string of the molecule is N#Cc1cn[nH]c1C1CC1. The average Bonchev–Trinajstić information content (AvgIpc) is 2.69. The molecule has 1 heterocycles. The Balaban J connectivity index is 2.40. The van der Waals surface area contributed by atoms with Crippen molar-refractivity contribution in [3.63, 3.8) is 0 Å². The third kappa shape index (κ3) is 0.695. The second-order valence-corrected chi connectivity index (χ2v) is 2.58. The molecule has 0 bridgehead atoms. The molecule has 0 radical (unpaired) electrons. The molecule has 0 spiro atoms. The maximum Gasteiger partial charge on any atom is 0.103 e. The van der Waals surface area contributed by atoms with Crippen LogP contribution in [-0.2, 0) is 0 Å². The molecule has 0 unspecified atom stereocenters. The minimum Gasteiger partial charge on any atom is -0.281 e. The van der Waals surface area contributed by atoms with Crippen LogP contribution in [0.5, 0.6) is 0 Å². The van der Waals surface area contributed by atoms with Crippen molar-refractivity contribution < 1.29 is 0 Å². The van der Waals surface area contributed by atoms with Gasteiger partial charge in [0.2, 0.25) is 0 Å². The zero-order valence-corrected chi connectivity index (χ0v) is 5.46. The van der Waals surface area contributed by atoms with Crippen LogP contribution in [0.3, 0.4) is 0 Å². The maximum atomic E-state index is 8.57. The van der Waals surface area contributed by atoms with Crippen molar-refractivity contribution in [3.8, 4) is 6.07 Å². The minimum atomic E-state index is 0.595. The van der Waals surface area contributed by atoms with Gasteiger partial charge in [-0.25, -0.2) is 0 Å². The number of rotatable bonds is 1. The van der Waals surface area contributed by atoms with Crippen molar-refractivity contribution in [2.24, 2.45) is 0 Å². The second kappa shape index (κ2) is 1.84. The van der Waals surface area contributed by atoms with Crippen LogP contribution in [0.4, 0.5) is 0 Å². The molecule has 0 amide bonds. The third-order valence-corrected chi connectivity index (χ3v) is 1.77. The molecule has 1 fully saturated rings. The van der Waals surface area contributed by atoms with E-state index in [0.717, 1.165) is 5.69 Å². The van der Waals surface area contributed by atoms with Crippen molar-refractivity contribution in [2.45, 2.75) is 18.8 Å². The zero-order valence-electron chi connectivity index (χ0n) is 5.46. The smallest absolute Gasteiger partial charge is 0.103 e. The number of H-pyrrole nitrogens is 1. The molecule has 0 atom stereocenters. The van der Waals surface area contributed by atoms with Gasteiger partial charge in [0.25, 0.3) is 0 Å². The molecule has 0 aliphatic heterocycles. The lowest BCUT2D eigenvalue weighted by molar-refractivity contribution is 0.963. The highest BCUT2D eigenvalue weighted by molar-refractivity contribution is 5.34. The summed E-state index contributed by atoms with van der Waals surface area (Å²) in [6.07, 6.45) is 4.00. The highest BCUT2D eigenvalue weighted by atomic mass is 15.1. The first-order chi connectivity index (χ1) is 4.92. The number of nitriles is 1. The highest BCUT2D eigenvalue weighted by Gasteiger charge is 2.27. The Bertz CT molecular complexity index is 277. The summed E-state index contributed by atoms with van der Waals surface area (Å²) in [7, 11) is 0. The van der Waals surface area contributed by atoms with Crippen molar-refractivity contribution >= 4 is 0 Å². The van der Waals surface area contributed by atoms with Crippen molar-refractivity contribution in [2.75, 3.05) is 0 Å². The molecule has 1 saturated carbocycles. The number of aromatic amines is 1. The van der Waals surface area contributed by atoms with E-state index in [9.17, 15) is 0 Å². The predicted molar refractivity (Wildman–Crippen MR) is 35.3 cm³/mol. The molecule has 3 heteroatoms. The second-order valence-electron chi connectivity index (χ2n) is 2.58. The fourth-order valence-corrected chi connectivity index (χ4v) is 1.07. The summed E-state index contributed by atoms with van der Waals surface area (Å²) in [5.41, 5.74) is 1.74. The van der Waals surface area contributed by atoms with Crippen LogP contribution in [0.15, 0.2) is 6.20 Å². The van der Waals surface area contributed by atoms with E-state index < -0.39 is 0 Å². The number of hydrogen-bond acceptors (Lipinski definition) is 2. The quantitative estimate of drug-likeness (QED) is 0.624. The Morgan fingerprint density at radius 2 is 2.50 bits per heavy atom. The van der Waals surface area contributed by atoms with E-state index in [0.29, 0.717) is 11.5 Å². The lowest BCUT2D eigenvalue weighted by atomic mass is 10.2. The Kier molecular flexibility index (Phi) is 1.01. The summed E-state index contributed by atoms with van der Waals surface area (Å²) in [6.45, 7) is 0. The number of nitrogens with zero attached hydrogens (tertiary/aromatic N) is 2. The topological polar surface area (TPSA) is 52.5 Å². The Labute approximate surface area is 58.7 Å². The number of aromatic nitrogens is 2. The van der Waals surface area contributed by atoms with Crippen molar-refractivity contribution in [1.29, 1.82) is 5.26 Å². The van der Waals surface area contributed by atoms with E-state index >= 15 is 0 Å². The lowest BCUT2D eigenvalue weighted by Crippen LogP contribution is -1.82. The summed E-state index contributed by atoms with van der Waals surface area (Å²) >= 11 is 0. The molecule has 1 aromatic rings. The first kappa shape index (κ1) is 5.48. The van der Waals surface area contributed by atoms with Gasteiger partial charge in [0, 0.05) is 5.92 Å². The molecule has 1 aromatic heterocycles. The van der Waals surface area contributed by atoms with Crippen LogP contribution in [-0.4, -0.2) is 10.2 Å². The highest BCUT2D eigenvalue weighted by Crippen LogP contribution is 2.40. The molecule has 1 aliphatic rings. The minimum absolute atomic E-state index is 0.595. The Morgan fingerprint density at radius 3 is 3.10 bits per heavy atom. The van der Waals surface area contributed by atoms with Gasteiger partial charge in [0.1, 0.15) is 6.07 Å². The molecular weight excluding hydrogens is 126 g/mol. The van der Waals surface area contributed by atoms with Gasteiger partial charge in [-0.15, -0.1) is 0 Å². The van der Waals surface area contributed by atoms with Gasteiger partial charge in [0.15, 0.2) is 0 Å². The maximum absolute atomic E-state index is 8.57. The van der Waals surface area contributed by atoms with Crippen LogP contribution in [0, 0.1) is 11.3 Å². The van der Waals surface area contributed by atoms with Gasteiger partial charge in [-0.05, 0) is 12.8 Å². The largest absolute Gasteiger partial charge is 0.281 e. The fourth-order valence-electron chi connectivity index (χ4n) is 1.07. The summed E-state index contributed by atoms with van der Waals surface area (Å²) in [4.78, 5) is 0. The van der Waals surface area contributed by atoms with Gasteiger partial charge in [-0.3, -0.25) is 5.10 Å². The van der Waals surface area contributed by atoms with E-state index in [2.05, 4.69) is 16.3 Å². The summed E-state index contributed by atoms with van der Waals surface area (Å²) in [5.74, 6) is 0.595. The number of hydrogen-bond donors (Lipinski definition) is 1. The summed E-state index contributed by atoms with van der Waals surface area (Å²) in [5, 5.41) is 15.2. The van der Waals surface area contributed by atoms with Gasteiger partial charge in [0.05, 0.1) is 17.5 Å². The molecular formula is C7H7N3. The van der Waals surface area contributed by atoms with Crippen LogP contribution in [0.1, 0.15) is 30.0 Å². The van der Waals surface area contributed by atoms with Gasteiger partial charge in [-0.2, -0.15) is 10.4 Å². The molecule has 10 heavy (non-hydrogen) atoms. The van der Waals surface area contributed by atoms with E-state index in [1.165, 1.54) is 12.8 Å². The standard InChI is InChI=1S/C7H7N3/c8-3-6-4-9-10-7(6)5-1-2-5/h4-5H,1-2H2,(H,9,10).